The van der Waals surface area contributed by atoms with E-state index in [4.69, 9.17) is 0 Å². The standard InChI is InChI=1S/C51H29N5/c52-30-33-21-23-50-46(25-33)47-26-34(31-53)22-24-51(47)56(50)38-28-36(27-37(29-38)55-48-19-9-7-17-44(48)45-18-8-10-20-49(45)55)40-13-3-4-15-42(40)43-16-6-5-14-41(43)39-12-2-1-11-35(39)32-54/h1-29H. The molecule has 0 atom stereocenters. The Bertz CT molecular complexity index is 3230. The number of fused-ring (bicyclic) bond motifs is 6. The van der Waals surface area contributed by atoms with Crippen LogP contribution < -0.4 is 0 Å². The van der Waals surface area contributed by atoms with Crippen LogP contribution >= 0.6 is 0 Å². The molecule has 0 N–H and O–H groups in total. The van der Waals surface area contributed by atoms with Crippen LogP contribution in [0.2, 0.25) is 0 Å². The fourth-order valence-corrected chi connectivity index (χ4v) is 8.39. The molecule has 0 aliphatic carbocycles. The molecular weight excluding hydrogens is 683 g/mol. The van der Waals surface area contributed by atoms with Crippen molar-refractivity contribution in [2.75, 3.05) is 0 Å². The average molecular weight is 712 g/mol. The molecule has 10 rings (SSSR count). The van der Waals surface area contributed by atoms with Crippen molar-refractivity contribution in [3.05, 3.63) is 193 Å². The van der Waals surface area contributed by atoms with E-state index in [9.17, 15) is 15.8 Å². The van der Waals surface area contributed by atoms with Crippen molar-refractivity contribution in [3.63, 3.8) is 0 Å². The van der Waals surface area contributed by atoms with Crippen molar-refractivity contribution in [2.45, 2.75) is 0 Å². The minimum absolute atomic E-state index is 0.559. The molecule has 0 saturated heterocycles. The largest absolute Gasteiger partial charge is 0.309 e. The Balaban J connectivity index is 1.31. The molecule has 2 aromatic heterocycles. The number of benzene rings is 8. The van der Waals surface area contributed by atoms with Gasteiger partial charge < -0.3 is 9.13 Å². The molecule has 0 aliphatic rings. The first-order valence-electron chi connectivity index (χ1n) is 18.4. The Kier molecular flexibility index (Phi) is 7.57. The third kappa shape index (κ3) is 5.07. The Labute approximate surface area is 323 Å². The SMILES string of the molecule is N#Cc1ccc2c(c1)c1cc(C#N)ccc1n2-c1cc(-c2ccccc2-c2ccccc2-c2ccccc2C#N)cc(-n2c3ccccc3c3ccccc32)c1. The molecule has 10 aromatic rings. The summed E-state index contributed by atoms with van der Waals surface area (Å²) in [6, 6.07) is 66.8. The van der Waals surface area contributed by atoms with Gasteiger partial charge in [0.25, 0.3) is 0 Å². The van der Waals surface area contributed by atoms with E-state index >= 15 is 0 Å². The molecule has 0 aliphatic heterocycles. The Morgan fingerprint density at radius 1 is 0.321 bits per heavy atom. The monoisotopic (exact) mass is 711 g/mol. The average Bonchev–Trinajstić information content (AvgIpc) is 3.78. The lowest BCUT2D eigenvalue weighted by Gasteiger charge is -2.19. The van der Waals surface area contributed by atoms with Crippen LogP contribution in [0, 0.1) is 34.0 Å². The van der Waals surface area contributed by atoms with Crippen LogP contribution in [0.4, 0.5) is 0 Å². The van der Waals surface area contributed by atoms with E-state index in [1.165, 1.54) is 10.8 Å². The number of nitrogens with zero attached hydrogens (tertiary/aromatic N) is 5. The predicted molar refractivity (Wildman–Crippen MR) is 226 cm³/mol. The van der Waals surface area contributed by atoms with E-state index in [1.807, 2.05) is 72.8 Å². The highest BCUT2D eigenvalue weighted by molar-refractivity contribution is 6.11. The molecule has 0 spiro atoms. The fourth-order valence-electron chi connectivity index (χ4n) is 8.39. The number of rotatable bonds is 5. The topological polar surface area (TPSA) is 81.2 Å². The minimum Gasteiger partial charge on any atom is -0.309 e. The maximum atomic E-state index is 10.1. The zero-order valence-electron chi connectivity index (χ0n) is 30.0. The van der Waals surface area contributed by atoms with E-state index in [0.717, 1.165) is 77.6 Å². The van der Waals surface area contributed by atoms with Crippen LogP contribution in [-0.2, 0) is 0 Å². The van der Waals surface area contributed by atoms with Gasteiger partial charge in [-0.2, -0.15) is 15.8 Å². The molecule has 258 valence electrons. The van der Waals surface area contributed by atoms with Crippen LogP contribution in [-0.4, -0.2) is 9.13 Å². The van der Waals surface area contributed by atoms with Gasteiger partial charge in [0.2, 0.25) is 0 Å². The van der Waals surface area contributed by atoms with E-state index < -0.39 is 0 Å². The predicted octanol–water partition coefficient (Wildman–Crippen LogP) is 12.5. The van der Waals surface area contributed by atoms with Gasteiger partial charge in [-0.05, 0) is 101 Å². The maximum Gasteiger partial charge on any atom is 0.0998 e. The Morgan fingerprint density at radius 2 is 0.732 bits per heavy atom. The summed E-state index contributed by atoms with van der Waals surface area (Å²) < 4.78 is 4.58. The lowest BCUT2D eigenvalue weighted by atomic mass is 9.88. The van der Waals surface area contributed by atoms with Gasteiger partial charge in [-0.25, -0.2) is 0 Å². The van der Waals surface area contributed by atoms with Crippen molar-refractivity contribution < 1.29 is 0 Å². The molecular formula is C51H29N5. The third-order valence-electron chi connectivity index (χ3n) is 10.8. The minimum atomic E-state index is 0.559. The molecule has 0 fully saturated rings. The van der Waals surface area contributed by atoms with Gasteiger partial charge in [-0.15, -0.1) is 0 Å². The summed E-state index contributed by atoms with van der Waals surface area (Å²) in [7, 11) is 0. The number of hydrogen-bond acceptors (Lipinski definition) is 3. The quantitative estimate of drug-likeness (QED) is 0.178. The molecule has 8 aromatic carbocycles. The fraction of sp³-hybridized carbons (Fsp3) is 0. The van der Waals surface area contributed by atoms with Crippen LogP contribution in [0.25, 0.3) is 88.4 Å². The summed E-state index contributed by atoms with van der Waals surface area (Å²) in [5.74, 6) is 0. The number of aromatic nitrogens is 2. The second-order valence-corrected chi connectivity index (χ2v) is 13.9. The zero-order valence-corrected chi connectivity index (χ0v) is 30.0. The molecule has 0 radical (unpaired) electrons. The van der Waals surface area contributed by atoms with Crippen molar-refractivity contribution >= 4 is 43.6 Å². The summed E-state index contributed by atoms with van der Waals surface area (Å²) >= 11 is 0. The third-order valence-corrected chi connectivity index (χ3v) is 10.8. The number of para-hydroxylation sites is 2. The summed E-state index contributed by atoms with van der Waals surface area (Å²) in [4.78, 5) is 0. The normalized spacial score (nSPS) is 11.2. The lowest BCUT2D eigenvalue weighted by molar-refractivity contribution is 1.13. The summed E-state index contributed by atoms with van der Waals surface area (Å²) in [6.07, 6.45) is 0. The van der Waals surface area contributed by atoms with Crippen LogP contribution in [0.1, 0.15) is 16.7 Å². The van der Waals surface area contributed by atoms with Crippen LogP contribution in [0.15, 0.2) is 176 Å². The van der Waals surface area contributed by atoms with Gasteiger partial charge in [-0.3, -0.25) is 0 Å². The Hall–Kier alpha value is -8.17. The van der Waals surface area contributed by atoms with Gasteiger partial charge in [-0.1, -0.05) is 103 Å². The molecule has 5 heteroatoms. The molecule has 5 nitrogen and oxygen atoms in total. The van der Waals surface area contributed by atoms with E-state index in [2.05, 4.69) is 130 Å². The van der Waals surface area contributed by atoms with Gasteiger partial charge in [0.05, 0.1) is 57.0 Å². The van der Waals surface area contributed by atoms with Crippen molar-refractivity contribution in [3.8, 4) is 63.0 Å². The molecule has 0 amide bonds. The first kappa shape index (κ1) is 32.5. The number of hydrogen-bond donors (Lipinski definition) is 0. The van der Waals surface area contributed by atoms with E-state index in [0.29, 0.717) is 16.7 Å². The van der Waals surface area contributed by atoms with Gasteiger partial charge in [0, 0.05) is 38.5 Å². The zero-order chi connectivity index (χ0) is 37.8. The van der Waals surface area contributed by atoms with Crippen molar-refractivity contribution in [1.29, 1.82) is 15.8 Å². The van der Waals surface area contributed by atoms with Gasteiger partial charge >= 0.3 is 0 Å². The van der Waals surface area contributed by atoms with Gasteiger partial charge in [0.1, 0.15) is 0 Å². The highest BCUT2D eigenvalue weighted by Gasteiger charge is 2.20. The van der Waals surface area contributed by atoms with Crippen molar-refractivity contribution in [1.82, 2.24) is 9.13 Å². The molecule has 2 heterocycles. The first-order valence-corrected chi connectivity index (χ1v) is 18.4. The molecule has 56 heavy (non-hydrogen) atoms. The van der Waals surface area contributed by atoms with E-state index in [1.54, 1.807) is 0 Å². The van der Waals surface area contributed by atoms with Crippen LogP contribution in [0.3, 0.4) is 0 Å². The lowest BCUT2D eigenvalue weighted by Crippen LogP contribution is -2.00. The summed E-state index contributed by atoms with van der Waals surface area (Å²) in [5, 5.41) is 34.0. The molecule has 0 unspecified atom stereocenters. The smallest absolute Gasteiger partial charge is 0.0998 e. The maximum absolute atomic E-state index is 10.1. The van der Waals surface area contributed by atoms with Crippen molar-refractivity contribution in [2.24, 2.45) is 0 Å². The summed E-state index contributed by atoms with van der Waals surface area (Å²) in [6.45, 7) is 0. The highest BCUT2D eigenvalue weighted by atomic mass is 15.0. The number of nitriles is 3. The van der Waals surface area contributed by atoms with E-state index in [-0.39, 0.29) is 0 Å². The second-order valence-electron chi connectivity index (χ2n) is 13.9. The molecule has 0 bridgehead atoms. The van der Waals surface area contributed by atoms with Crippen LogP contribution in [0.5, 0.6) is 0 Å². The molecule has 0 saturated carbocycles. The van der Waals surface area contributed by atoms with Gasteiger partial charge in [0.15, 0.2) is 0 Å². The second kappa shape index (κ2) is 13.0. The summed E-state index contributed by atoms with van der Waals surface area (Å²) in [5.41, 5.74) is 13.7. The first-order chi connectivity index (χ1) is 27.6. The Morgan fingerprint density at radius 3 is 1.25 bits per heavy atom. The highest BCUT2D eigenvalue weighted by Crippen LogP contribution is 2.42.